The van der Waals surface area contributed by atoms with Crippen LogP contribution in [0.5, 0.6) is 0 Å². The highest BCUT2D eigenvalue weighted by atomic mass is 35.5. The van der Waals surface area contributed by atoms with E-state index < -0.39 is 0 Å². The first-order chi connectivity index (χ1) is 6.75. The van der Waals surface area contributed by atoms with Crippen LogP contribution in [0.4, 0.5) is 5.95 Å². The average Bonchev–Trinajstić information content (AvgIpc) is 2.59. The Bertz CT molecular complexity index is 260. The first-order valence-electron chi connectivity index (χ1n) is 5.00. The summed E-state index contributed by atoms with van der Waals surface area (Å²) in [4.78, 5) is 6.45. The number of hydrogen-bond donors (Lipinski definition) is 0. The van der Waals surface area contributed by atoms with Gasteiger partial charge in [0.2, 0.25) is 5.95 Å². The number of halogens is 1. The topological polar surface area (TPSA) is 21.1 Å². The maximum atomic E-state index is 5.61. The van der Waals surface area contributed by atoms with Crippen LogP contribution in [0, 0.1) is 0 Å². The van der Waals surface area contributed by atoms with Crippen LogP contribution in [0.3, 0.4) is 0 Å². The molecule has 0 aliphatic heterocycles. The number of rotatable bonds is 6. The van der Waals surface area contributed by atoms with Gasteiger partial charge >= 0.3 is 0 Å². The van der Waals surface area contributed by atoms with Crippen molar-refractivity contribution in [2.75, 3.05) is 24.4 Å². The summed E-state index contributed by atoms with van der Waals surface area (Å²) in [6.45, 7) is 1.04. The molecule has 0 fully saturated rings. The van der Waals surface area contributed by atoms with E-state index in [1.807, 2.05) is 24.0 Å². The molecule has 0 aliphatic carbocycles. The molecule has 1 aromatic rings. The van der Waals surface area contributed by atoms with Gasteiger partial charge in [-0.3, -0.25) is 0 Å². The average molecular weight is 216 g/mol. The number of nitrogens with zero attached hydrogens (tertiary/aromatic N) is 3. The molecule has 0 radical (unpaired) electrons. The van der Waals surface area contributed by atoms with Crippen molar-refractivity contribution in [1.29, 1.82) is 0 Å². The second kappa shape index (κ2) is 5.91. The molecule has 80 valence electrons. The summed E-state index contributed by atoms with van der Waals surface area (Å²) in [5.41, 5.74) is 0. The van der Waals surface area contributed by atoms with E-state index in [-0.39, 0.29) is 0 Å². The maximum Gasteiger partial charge on any atom is 0.204 e. The van der Waals surface area contributed by atoms with E-state index in [9.17, 15) is 0 Å². The molecule has 0 aliphatic rings. The number of aromatic nitrogens is 2. The van der Waals surface area contributed by atoms with Crippen molar-refractivity contribution >= 4 is 17.5 Å². The Morgan fingerprint density at radius 2 is 2.21 bits per heavy atom. The molecule has 0 saturated heterocycles. The predicted octanol–water partition coefficient (Wildman–Crippen LogP) is 2.27. The van der Waals surface area contributed by atoms with Gasteiger partial charge in [0.25, 0.3) is 0 Å². The van der Waals surface area contributed by atoms with E-state index in [0.29, 0.717) is 0 Å². The zero-order chi connectivity index (χ0) is 10.4. The zero-order valence-electron chi connectivity index (χ0n) is 8.91. The fourth-order valence-corrected chi connectivity index (χ4v) is 1.63. The molecule has 0 spiro atoms. The zero-order valence-corrected chi connectivity index (χ0v) is 9.67. The lowest BCUT2D eigenvalue weighted by molar-refractivity contribution is 0.690. The Balaban J connectivity index is 2.28. The van der Waals surface area contributed by atoms with Crippen LogP contribution >= 0.6 is 11.6 Å². The van der Waals surface area contributed by atoms with Crippen molar-refractivity contribution in [3.8, 4) is 0 Å². The molecular formula is C10H18ClN3. The number of imidazole rings is 1. The third-order valence-corrected chi connectivity index (χ3v) is 2.53. The van der Waals surface area contributed by atoms with E-state index in [2.05, 4.69) is 16.9 Å². The molecule has 1 aromatic heterocycles. The van der Waals surface area contributed by atoms with Crippen LogP contribution in [0.2, 0.25) is 0 Å². The molecule has 0 bridgehead atoms. The third-order valence-electron chi connectivity index (χ3n) is 2.26. The van der Waals surface area contributed by atoms with Gasteiger partial charge < -0.3 is 9.47 Å². The molecule has 0 amide bonds. The standard InChI is InChI=1S/C10H18ClN3/c1-13(8-5-3-4-6-11)10-12-7-9-14(10)2/h7,9H,3-6,8H2,1-2H3. The molecule has 14 heavy (non-hydrogen) atoms. The Morgan fingerprint density at radius 1 is 1.43 bits per heavy atom. The Morgan fingerprint density at radius 3 is 2.79 bits per heavy atom. The molecule has 1 heterocycles. The lowest BCUT2D eigenvalue weighted by atomic mass is 10.2. The Kier molecular flexibility index (Phi) is 4.80. The van der Waals surface area contributed by atoms with Crippen LogP contribution < -0.4 is 4.90 Å². The minimum absolute atomic E-state index is 0.770. The summed E-state index contributed by atoms with van der Waals surface area (Å²) in [5.74, 6) is 1.79. The lowest BCUT2D eigenvalue weighted by Crippen LogP contribution is -2.21. The smallest absolute Gasteiger partial charge is 0.204 e. The molecule has 4 heteroatoms. The van der Waals surface area contributed by atoms with Crippen LogP contribution in [0.25, 0.3) is 0 Å². The number of alkyl halides is 1. The highest BCUT2D eigenvalue weighted by molar-refractivity contribution is 6.17. The Labute approximate surface area is 90.7 Å². The van der Waals surface area contributed by atoms with Gasteiger partial charge in [-0.05, 0) is 12.8 Å². The van der Waals surface area contributed by atoms with Gasteiger partial charge in [-0.15, -0.1) is 11.6 Å². The summed E-state index contributed by atoms with van der Waals surface area (Å²) in [5, 5.41) is 0. The van der Waals surface area contributed by atoms with Gasteiger partial charge in [0, 0.05) is 38.9 Å². The second-order valence-corrected chi connectivity index (χ2v) is 3.89. The minimum atomic E-state index is 0.770. The van der Waals surface area contributed by atoms with E-state index in [0.717, 1.165) is 24.8 Å². The van der Waals surface area contributed by atoms with Crippen molar-refractivity contribution in [2.24, 2.45) is 7.05 Å². The summed E-state index contributed by atoms with van der Waals surface area (Å²) in [6.07, 6.45) is 7.26. The molecule has 0 saturated carbocycles. The summed E-state index contributed by atoms with van der Waals surface area (Å²) >= 11 is 5.61. The second-order valence-electron chi connectivity index (χ2n) is 3.51. The summed E-state index contributed by atoms with van der Waals surface area (Å²) in [7, 11) is 4.08. The first kappa shape index (κ1) is 11.4. The van der Waals surface area contributed by atoms with E-state index in [1.54, 1.807) is 0 Å². The van der Waals surface area contributed by atoms with Gasteiger partial charge in [-0.2, -0.15) is 0 Å². The quantitative estimate of drug-likeness (QED) is 0.536. The fraction of sp³-hybridized carbons (Fsp3) is 0.700. The minimum Gasteiger partial charge on any atom is -0.345 e. The highest BCUT2D eigenvalue weighted by Crippen LogP contribution is 2.08. The summed E-state index contributed by atoms with van der Waals surface area (Å²) < 4.78 is 2.03. The first-order valence-corrected chi connectivity index (χ1v) is 5.53. The number of aryl methyl sites for hydroxylation is 1. The lowest BCUT2D eigenvalue weighted by Gasteiger charge is -2.17. The van der Waals surface area contributed by atoms with Gasteiger partial charge in [-0.25, -0.2) is 4.98 Å². The van der Waals surface area contributed by atoms with Crippen LogP contribution in [-0.4, -0.2) is 29.0 Å². The molecule has 0 unspecified atom stereocenters. The van der Waals surface area contributed by atoms with E-state index in [1.165, 1.54) is 12.8 Å². The van der Waals surface area contributed by atoms with Crippen molar-refractivity contribution in [3.63, 3.8) is 0 Å². The van der Waals surface area contributed by atoms with Crippen molar-refractivity contribution in [1.82, 2.24) is 9.55 Å². The third kappa shape index (κ3) is 3.22. The summed E-state index contributed by atoms with van der Waals surface area (Å²) in [6, 6.07) is 0. The van der Waals surface area contributed by atoms with Gasteiger partial charge in [0.15, 0.2) is 0 Å². The van der Waals surface area contributed by atoms with Crippen molar-refractivity contribution in [3.05, 3.63) is 12.4 Å². The van der Waals surface area contributed by atoms with Crippen molar-refractivity contribution in [2.45, 2.75) is 19.3 Å². The van der Waals surface area contributed by atoms with Crippen LogP contribution in [-0.2, 0) is 7.05 Å². The fourth-order valence-electron chi connectivity index (χ4n) is 1.45. The number of hydrogen-bond acceptors (Lipinski definition) is 2. The Hall–Kier alpha value is -0.700. The molecule has 1 rings (SSSR count). The van der Waals surface area contributed by atoms with Gasteiger partial charge in [-0.1, -0.05) is 6.42 Å². The van der Waals surface area contributed by atoms with Gasteiger partial charge in [0.05, 0.1) is 0 Å². The SMILES string of the molecule is CN(CCCCCCl)c1nccn1C. The largest absolute Gasteiger partial charge is 0.345 e. The van der Waals surface area contributed by atoms with E-state index in [4.69, 9.17) is 11.6 Å². The normalized spacial score (nSPS) is 10.5. The molecule has 0 atom stereocenters. The van der Waals surface area contributed by atoms with E-state index >= 15 is 0 Å². The number of unbranched alkanes of at least 4 members (excludes halogenated alkanes) is 2. The highest BCUT2D eigenvalue weighted by Gasteiger charge is 2.04. The molecule has 0 aromatic carbocycles. The van der Waals surface area contributed by atoms with Crippen LogP contribution in [0.1, 0.15) is 19.3 Å². The number of anilines is 1. The molecular weight excluding hydrogens is 198 g/mol. The molecule has 3 nitrogen and oxygen atoms in total. The maximum absolute atomic E-state index is 5.61. The predicted molar refractivity (Wildman–Crippen MR) is 61.0 cm³/mol. The van der Waals surface area contributed by atoms with Gasteiger partial charge in [0.1, 0.15) is 0 Å². The monoisotopic (exact) mass is 215 g/mol. The van der Waals surface area contributed by atoms with Crippen molar-refractivity contribution < 1.29 is 0 Å². The molecule has 0 N–H and O–H groups in total. The van der Waals surface area contributed by atoms with Crippen LogP contribution in [0.15, 0.2) is 12.4 Å².